The first kappa shape index (κ1) is 27.1. The van der Waals surface area contributed by atoms with Crippen LogP contribution in [0.5, 0.6) is 5.75 Å². The van der Waals surface area contributed by atoms with Crippen molar-refractivity contribution in [3.8, 4) is 5.75 Å². The lowest BCUT2D eigenvalue weighted by molar-refractivity contribution is -0.139. The fraction of sp³-hybridized carbons (Fsp3) is 0.310. The van der Waals surface area contributed by atoms with Crippen molar-refractivity contribution in [1.29, 1.82) is 0 Å². The number of rotatable bonds is 8. The largest absolute Gasteiger partial charge is 0.463 e. The Hall–Kier alpha value is -3.98. The lowest BCUT2D eigenvalue weighted by Gasteiger charge is -2.24. The van der Waals surface area contributed by atoms with E-state index in [-0.39, 0.29) is 12.2 Å². The Kier molecular flexibility index (Phi) is 8.26. The third-order valence-corrected chi connectivity index (χ3v) is 7.28. The minimum Gasteiger partial charge on any atom is -0.463 e. The number of ether oxygens (including phenoxy) is 2. The normalized spacial score (nSPS) is 15.1. The molecule has 3 aromatic rings. The third-order valence-electron chi connectivity index (χ3n) is 6.29. The molecule has 198 valence electrons. The van der Waals surface area contributed by atoms with Crippen LogP contribution in [0.2, 0.25) is 0 Å². The Labute approximate surface area is 225 Å². The van der Waals surface area contributed by atoms with E-state index >= 15 is 0 Å². The van der Waals surface area contributed by atoms with Crippen LogP contribution in [-0.4, -0.2) is 36.2 Å². The minimum absolute atomic E-state index is 0.196. The fourth-order valence-electron chi connectivity index (χ4n) is 4.51. The number of fused-ring (bicyclic) bond motifs is 1. The van der Waals surface area contributed by atoms with Crippen molar-refractivity contribution in [2.24, 2.45) is 4.99 Å². The maximum atomic E-state index is 13.7. The number of thiazole rings is 1. The lowest BCUT2D eigenvalue weighted by atomic mass is 9.96. The molecule has 0 fully saturated rings. The molecule has 8 nitrogen and oxygen atoms in total. The van der Waals surface area contributed by atoms with Crippen LogP contribution in [0, 0.1) is 0 Å². The summed E-state index contributed by atoms with van der Waals surface area (Å²) in [5.74, 6) is -0.580. The van der Waals surface area contributed by atoms with Crippen molar-refractivity contribution in [2.45, 2.75) is 40.7 Å². The van der Waals surface area contributed by atoms with Gasteiger partial charge >= 0.3 is 11.9 Å². The Bertz CT molecular complexity index is 1550. The zero-order valence-electron chi connectivity index (χ0n) is 22.2. The highest BCUT2D eigenvalue weighted by Crippen LogP contribution is 2.31. The number of hydrogen-bond acceptors (Lipinski definition) is 8. The number of carbonyl (C=O) groups is 2. The minimum atomic E-state index is -0.733. The summed E-state index contributed by atoms with van der Waals surface area (Å²) in [5, 5.41) is 0. The second kappa shape index (κ2) is 11.6. The van der Waals surface area contributed by atoms with Crippen LogP contribution in [0.1, 0.15) is 51.8 Å². The van der Waals surface area contributed by atoms with E-state index in [1.807, 2.05) is 30.3 Å². The second-order valence-electron chi connectivity index (χ2n) is 8.73. The first-order valence-electron chi connectivity index (χ1n) is 12.6. The molecule has 9 heteroatoms. The summed E-state index contributed by atoms with van der Waals surface area (Å²) < 4.78 is 12.5. The number of anilines is 1. The molecule has 4 rings (SSSR count). The Morgan fingerprint density at radius 3 is 2.29 bits per heavy atom. The molecular weight excluding hydrogens is 502 g/mol. The smallest absolute Gasteiger partial charge is 0.338 e. The maximum Gasteiger partial charge on any atom is 0.338 e. The quantitative estimate of drug-likeness (QED) is 0.325. The van der Waals surface area contributed by atoms with Gasteiger partial charge in [-0.05, 0) is 69.2 Å². The van der Waals surface area contributed by atoms with Gasteiger partial charge in [0.05, 0.1) is 28.5 Å². The molecule has 0 N–H and O–H groups in total. The summed E-state index contributed by atoms with van der Waals surface area (Å²) in [4.78, 5) is 45.5. The van der Waals surface area contributed by atoms with Crippen molar-refractivity contribution in [3.05, 3.63) is 90.6 Å². The molecular formula is C29H31N3O5S. The SMILES string of the molecule is CCOC(=O)C1=C(C)N=c2s/c(=C\c3ccc(N(CC)CC)cc3)c(=O)n2C1c1ccc(OC(C)=O)cc1. The van der Waals surface area contributed by atoms with E-state index in [1.165, 1.54) is 18.3 Å². The standard InChI is InChI=1S/C29H31N3O5S/c1-6-31(7-2)22-13-9-20(10-14-22)17-24-27(34)32-26(21-11-15-23(16-12-21)37-19(5)33)25(28(35)36-8-3)18(4)30-29(32)38-24/h9-17,26H,6-8H2,1-5H3/b24-17-. The fourth-order valence-corrected chi connectivity index (χ4v) is 5.56. The van der Waals surface area contributed by atoms with Gasteiger partial charge < -0.3 is 14.4 Å². The molecule has 1 aliphatic rings. The molecule has 1 aromatic heterocycles. The Morgan fingerprint density at radius 2 is 1.71 bits per heavy atom. The Morgan fingerprint density at radius 1 is 1.05 bits per heavy atom. The van der Waals surface area contributed by atoms with E-state index < -0.39 is 18.0 Å². The van der Waals surface area contributed by atoms with Crippen molar-refractivity contribution in [3.63, 3.8) is 0 Å². The second-order valence-corrected chi connectivity index (χ2v) is 9.74. The molecule has 0 saturated heterocycles. The van der Waals surface area contributed by atoms with Gasteiger partial charge in [-0.15, -0.1) is 0 Å². The van der Waals surface area contributed by atoms with Gasteiger partial charge in [0.1, 0.15) is 5.75 Å². The zero-order chi connectivity index (χ0) is 27.4. The monoisotopic (exact) mass is 533 g/mol. The first-order chi connectivity index (χ1) is 18.3. The molecule has 1 aliphatic heterocycles. The number of esters is 2. The summed E-state index contributed by atoms with van der Waals surface area (Å²) in [7, 11) is 0. The molecule has 0 aliphatic carbocycles. The van der Waals surface area contributed by atoms with Gasteiger partial charge in [0.25, 0.3) is 5.56 Å². The van der Waals surface area contributed by atoms with E-state index in [2.05, 4.69) is 23.7 Å². The summed E-state index contributed by atoms with van der Waals surface area (Å²) in [6.45, 7) is 11.1. The van der Waals surface area contributed by atoms with Crippen LogP contribution in [0.4, 0.5) is 5.69 Å². The van der Waals surface area contributed by atoms with E-state index in [9.17, 15) is 14.4 Å². The predicted molar refractivity (Wildman–Crippen MR) is 148 cm³/mol. The molecule has 0 amide bonds. The molecule has 0 bridgehead atoms. The maximum absolute atomic E-state index is 13.7. The number of aromatic nitrogens is 1. The summed E-state index contributed by atoms with van der Waals surface area (Å²) in [5.41, 5.74) is 3.25. The summed E-state index contributed by atoms with van der Waals surface area (Å²) in [6, 6.07) is 14.1. The van der Waals surface area contributed by atoms with Gasteiger partial charge in [0.15, 0.2) is 4.80 Å². The van der Waals surface area contributed by atoms with Crippen LogP contribution >= 0.6 is 11.3 Å². The van der Waals surface area contributed by atoms with Crippen molar-refractivity contribution in [2.75, 3.05) is 24.6 Å². The molecule has 1 unspecified atom stereocenters. The van der Waals surface area contributed by atoms with E-state index in [1.54, 1.807) is 42.7 Å². The first-order valence-corrected chi connectivity index (χ1v) is 13.4. The summed E-state index contributed by atoms with van der Waals surface area (Å²) >= 11 is 1.28. The van der Waals surface area contributed by atoms with Gasteiger partial charge in [0.2, 0.25) is 0 Å². The molecule has 0 saturated carbocycles. The number of benzene rings is 2. The van der Waals surface area contributed by atoms with Gasteiger partial charge in [-0.2, -0.15) is 0 Å². The average Bonchev–Trinajstić information content (AvgIpc) is 3.19. The molecule has 38 heavy (non-hydrogen) atoms. The van der Waals surface area contributed by atoms with Crippen molar-refractivity contribution >= 4 is 35.0 Å². The number of nitrogens with zero attached hydrogens (tertiary/aromatic N) is 3. The van der Waals surface area contributed by atoms with Crippen LogP contribution in [-0.2, 0) is 14.3 Å². The van der Waals surface area contributed by atoms with Gasteiger partial charge in [-0.25, -0.2) is 9.79 Å². The van der Waals surface area contributed by atoms with E-state index in [0.717, 1.165) is 24.3 Å². The topological polar surface area (TPSA) is 90.2 Å². The highest BCUT2D eigenvalue weighted by molar-refractivity contribution is 7.07. The van der Waals surface area contributed by atoms with Crippen LogP contribution in [0.15, 0.2) is 69.6 Å². The third kappa shape index (κ3) is 5.47. The molecule has 2 aromatic carbocycles. The molecule has 0 radical (unpaired) electrons. The van der Waals surface area contributed by atoms with Crippen LogP contribution < -0.4 is 24.5 Å². The van der Waals surface area contributed by atoms with Crippen LogP contribution in [0.25, 0.3) is 6.08 Å². The zero-order valence-corrected chi connectivity index (χ0v) is 23.0. The van der Waals surface area contributed by atoms with E-state index in [4.69, 9.17) is 9.47 Å². The molecule has 2 heterocycles. The average molecular weight is 534 g/mol. The number of hydrogen-bond donors (Lipinski definition) is 0. The van der Waals surface area contributed by atoms with Crippen LogP contribution in [0.3, 0.4) is 0 Å². The molecule has 0 spiro atoms. The lowest BCUT2D eigenvalue weighted by Crippen LogP contribution is -2.39. The highest BCUT2D eigenvalue weighted by Gasteiger charge is 2.33. The number of carbonyl (C=O) groups excluding carboxylic acids is 2. The van der Waals surface area contributed by atoms with Gasteiger partial charge in [-0.3, -0.25) is 14.2 Å². The summed E-state index contributed by atoms with van der Waals surface area (Å²) in [6.07, 6.45) is 1.85. The Balaban J connectivity index is 1.83. The van der Waals surface area contributed by atoms with Gasteiger partial charge in [-0.1, -0.05) is 35.6 Å². The van der Waals surface area contributed by atoms with E-state index in [0.29, 0.717) is 31.9 Å². The predicted octanol–water partition coefficient (Wildman–Crippen LogP) is 3.57. The number of allylic oxidation sites excluding steroid dienone is 1. The van der Waals surface area contributed by atoms with Crippen molar-refractivity contribution < 1.29 is 19.1 Å². The van der Waals surface area contributed by atoms with Gasteiger partial charge in [0, 0.05) is 25.7 Å². The molecule has 1 atom stereocenters. The highest BCUT2D eigenvalue weighted by atomic mass is 32.1. The van der Waals surface area contributed by atoms with Crippen molar-refractivity contribution in [1.82, 2.24) is 4.57 Å².